The summed E-state index contributed by atoms with van der Waals surface area (Å²) >= 11 is 0. The molecule has 0 unspecified atom stereocenters. The fraction of sp³-hybridized carbons (Fsp3) is 0.500. The highest BCUT2D eigenvalue weighted by Gasteiger charge is 2.10. The predicted molar refractivity (Wildman–Crippen MR) is 69.0 cm³/mol. The Hall–Kier alpha value is -1.35. The Morgan fingerprint density at radius 1 is 1.35 bits per heavy atom. The van der Waals surface area contributed by atoms with E-state index in [2.05, 4.69) is 24.4 Å². The molecule has 0 saturated heterocycles. The molecular weight excluding hydrogens is 214 g/mol. The van der Waals surface area contributed by atoms with Crippen LogP contribution < -0.4 is 5.32 Å². The average Bonchev–Trinajstić information content (AvgIpc) is 2.36. The van der Waals surface area contributed by atoms with Gasteiger partial charge in [0.25, 0.3) is 0 Å². The van der Waals surface area contributed by atoms with E-state index < -0.39 is 0 Å². The zero-order chi connectivity index (χ0) is 12.5. The molecule has 0 radical (unpaired) electrons. The lowest BCUT2D eigenvalue weighted by atomic mass is 9.98. The van der Waals surface area contributed by atoms with Crippen molar-refractivity contribution in [1.29, 1.82) is 0 Å². The Labute approximate surface area is 103 Å². The van der Waals surface area contributed by atoms with E-state index in [0.717, 1.165) is 6.42 Å². The van der Waals surface area contributed by atoms with Crippen LogP contribution in [-0.2, 0) is 9.53 Å². The van der Waals surface area contributed by atoms with Gasteiger partial charge in [-0.25, -0.2) is 0 Å². The van der Waals surface area contributed by atoms with Crippen LogP contribution in [0.3, 0.4) is 0 Å². The third-order valence-corrected chi connectivity index (χ3v) is 2.71. The SMILES string of the molecule is COCCCNC(=O)C[C@@H](C)c1ccccc1. The third kappa shape index (κ3) is 5.50. The monoisotopic (exact) mass is 235 g/mol. The highest BCUT2D eigenvalue weighted by Crippen LogP contribution is 2.17. The van der Waals surface area contributed by atoms with Gasteiger partial charge in [0.05, 0.1) is 0 Å². The molecule has 1 aromatic carbocycles. The molecule has 0 aliphatic carbocycles. The summed E-state index contributed by atoms with van der Waals surface area (Å²) in [6.07, 6.45) is 1.40. The van der Waals surface area contributed by atoms with Crippen molar-refractivity contribution in [2.24, 2.45) is 0 Å². The first-order chi connectivity index (χ1) is 8.24. The number of ether oxygens (including phenoxy) is 1. The van der Waals surface area contributed by atoms with Crippen molar-refractivity contribution < 1.29 is 9.53 Å². The Bertz CT molecular complexity index is 324. The number of carbonyl (C=O) groups excluding carboxylic acids is 1. The van der Waals surface area contributed by atoms with E-state index in [1.807, 2.05) is 18.2 Å². The fourth-order valence-corrected chi connectivity index (χ4v) is 1.69. The molecule has 0 spiro atoms. The minimum absolute atomic E-state index is 0.109. The summed E-state index contributed by atoms with van der Waals surface area (Å²) in [6.45, 7) is 3.45. The Balaban J connectivity index is 2.26. The van der Waals surface area contributed by atoms with Gasteiger partial charge in [-0.05, 0) is 17.9 Å². The first kappa shape index (κ1) is 13.7. The average molecular weight is 235 g/mol. The van der Waals surface area contributed by atoms with Gasteiger partial charge in [-0.3, -0.25) is 4.79 Å². The molecule has 0 heterocycles. The molecule has 17 heavy (non-hydrogen) atoms. The van der Waals surface area contributed by atoms with Crippen molar-refractivity contribution >= 4 is 5.91 Å². The topological polar surface area (TPSA) is 38.3 Å². The summed E-state index contributed by atoms with van der Waals surface area (Å²) < 4.78 is 4.92. The van der Waals surface area contributed by atoms with Gasteiger partial charge in [-0.2, -0.15) is 0 Å². The molecule has 3 nitrogen and oxygen atoms in total. The lowest BCUT2D eigenvalue weighted by Crippen LogP contribution is -2.26. The second-order valence-corrected chi connectivity index (χ2v) is 4.21. The van der Waals surface area contributed by atoms with E-state index in [1.54, 1.807) is 7.11 Å². The number of nitrogens with one attached hydrogen (secondary N) is 1. The lowest BCUT2D eigenvalue weighted by molar-refractivity contribution is -0.121. The first-order valence-corrected chi connectivity index (χ1v) is 6.04. The number of hydrogen-bond donors (Lipinski definition) is 1. The number of methoxy groups -OCH3 is 1. The van der Waals surface area contributed by atoms with Gasteiger partial charge in [0.2, 0.25) is 5.91 Å². The van der Waals surface area contributed by atoms with E-state index in [-0.39, 0.29) is 11.8 Å². The molecule has 94 valence electrons. The number of rotatable bonds is 7. The van der Waals surface area contributed by atoms with Crippen LogP contribution in [0.25, 0.3) is 0 Å². The first-order valence-electron chi connectivity index (χ1n) is 6.04. The summed E-state index contributed by atoms with van der Waals surface area (Å²) in [5.41, 5.74) is 1.21. The summed E-state index contributed by atoms with van der Waals surface area (Å²) in [6, 6.07) is 10.1. The molecule has 1 rings (SSSR count). The Kier molecular flexibility index (Phi) is 6.33. The molecule has 1 aromatic rings. The van der Waals surface area contributed by atoms with Gasteiger partial charge in [-0.1, -0.05) is 37.3 Å². The molecule has 1 amide bonds. The minimum Gasteiger partial charge on any atom is -0.385 e. The van der Waals surface area contributed by atoms with Crippen LogP contribution in [-0.4, -0.2) is 26.2 Å². The van der Waals surface area contributed by atoms with Crippen LogP contribution in [0.1, 0.15) is 31.2 Å². The molecule has 0 aliphatic heterocycles. The molecule has 0 saturated carbocycles. The third-order valence-electron chi connectivity index (χ3n) is 2.71. The Morgan fingerprint density at radius 2 is 2.06 bits per heavy atom. The van der Waals surface area contributed by atoms with Crippen LogP contribution >= 0.6 is 0 Å². The molecule has 0 bridgehead atoms. The van der Waals surface area contributed by atoms with Gasteiger partial charge < -0.3 is 10.1 Å². The van der Waals surface area contributed by atoms with Crippen molar-refractivity contribution in [1.82, 2.24) is 5.32 Å². The van der Waals surface area contributed by atoms with Crippen molar-refractivity contribution in [3.05, 3.63) is 35.9 Å². The van der Waals surface area contributed by atoms with E-state index >= 15 is 0 Å². The van der Waals surface area contributed by atoms with Crippen LogP contribution in [0.2, 0.25) is 0 Å². The van der Waals surface area contributed by atoms with Crippen molar-refractivity contribution in [3.8, 4) is 0 Å². The van der Waals surface area contributed by atoms with E-state index in [0.29, 0.717) is 19.6 Å². The molecule has 3 heteroatoms. The lowest BCUT2D eigenvalue weighted by Gasteiger charge is -2.11. The quantitative estimate of drug-likeness (QED) is 0.737. The van der Waals surface area contributed by atoms with Crippen molar-refractivity contribution in [2.45, 2.75) is 25.7 Å². The van der Waals surface area contributed by atoms with Crippen molar-refractivity contribution in [3.63, 3.8) is 0 Å². The zero-order valence-corrected chi connectivity index (χ0v) is 10.6. The van der Waals surface area contributed by atoms with E-state index in [1.165, 1.54) is 5.56 Å². The summed E-state index contributed by atoms with van der Waals surface area (Å²) in [7, 11) is 1.67. The molecular formula is C14H21NO2. The van der Waals surface area contributed by atoms with Gasteiger partial charge >= 0.3 is 0 Å². The van der Waals surface area contributed by atoms with Gasteiger partial charge in [-0.15, -0.1) is 0 Å². The minimum atomic E-state index is 0.109. The highest BCUT2D eigenvalue weighted by atomic mass is 16.5. The maximum Gasteiger partial charge on any atom is 0.220 e. The van der Waals surface area contributed by atoms with Gasteiger partial charge in [0, 0.05) is 26.7 Å². The maximum absolute atomic E-state index is 11.6. The number of carbonyl (C=O) groups is 1. The predicted octanol–water partition coefficient (Wildman–Crippen LogP) is 2.33. The normalized spacial score (nSPS) is 12.1. The number of amides is 1. The van der Waals surface area contributed by atoms with Crippen LogP contribution in [0.4, 0.5) is 0 Å². The summed E-state index contributed by atoms with van der Waals surface area (Å²) in [5, 5.41) is 2.90. The molecule has 1 atom stereocenters. The summed E-state index contributed by atoms with van der Waals surface area (Å²) in [4.78, 5) is 11.6. The summed E-state index contributed by atoms with van der Waals surface area (Å²) in [5.74, 6) is 0.371. The molecule has 0 aliphatic rings. The van der Waals surface area contributed by atoms with Crippen LogP contribution in [0, 0.1) is 0 Å². The molecule has 1 N–H and O–H groups in total. The Morgan fingerprint density at radius 3 is 2.71 bits per heavy atom. The second kappa shape index (κ2) is 7.85. The zero-order valence-electron chi connectivity index (χ0n) is 10.6. The van der Waals surface area contributed by atoms with Crippen molar-refractivity contribution in [2.75, 3.05) is 20.3 Å². The number of hydrogen-bond acceptors (Lipinski definition) is 2. The van der Waals surface area contributed by atoms with E-state index in [4.69, 9.17) is 4.74 Å². The van der Waals surface area contributed by atoms with Gasteiger partial charge in [0.1, 0.15) is 0 Å². The second-order valence-electron chi connectivity index (χ2n) is 4.21. The standard InChI is InChI=1S/C14H21NO2/c1-12(13-7-4-3-5-8-13)11-14(16)15-9-6-10-17-2/h3-5,7-8,12H,6,9-11H2,1-2H3,(H,15,16)/t12-/m1/s1. The van der Waals surface area contributed by atoms with Crippen LogP contribution in [0.15, 0.2) is 30.3 Å². The van der Waals surface area contributed by atoms with E-state index in [9.17, 15) is 4.79 Å². The van der Waals surface area contributed by atoms with Crippen LogP contribution in [0.5, 0.6) is 0 Å². The fourth-order valence-electron chi connectivity index (χ4n) is 1.69. The molecule has 0 fully saturated rings. The maximum atomic E-state index is 11.6. The number of benzene rings is 1. The smallest absolute Gasteiger partial charge is 0.220 e. The highest BCUT2D eigenvalue weighted by molar-refractivity contribution is 5.76. The largest absolute Gasteiger partial charge is 0.385 e. The van der Waals surface area contributed by atoms with Gasteiger partial charge in [0.15, 0.2) is 0 Å². The molecule has 0 aromatic heterocycles.